The highest BCUT2D eigenvalue weighted by molar-refractivity contribution is 5.75. The summed E-state index contributed by atoms with van der Waals surface area (Å²) in [4.78, 5) is 11.9. The maximum absolute atomic E-state index is 11.9. The van der Waals surface area contributed by atoms with Gasteiger partial charge >= 0.3 is 0 Å². The largest absolute Gasteiger partial charge is 0.496 e. The summed E-state index contributed by atoms with van der Waals surface area (Å²) in [5.41, 5.74) is 3.64. The van der Waals surface area contributed by atoms with E-state index in [1.165, 1.54) is 11.1 Å². The van der Waals surface area contributed by atoms with Gasteiger partial charge < -0.3 is 10.1 Å². The van der Waals surface area contributed by atoms with Gasteiger partial charge in [-0.2, -0.15) is 0 Å². The topological polar surface area (TPSA) is 38.3 Å². The molecule has 3 nitrogen and oxygen atoms in total. The molecule has 0 saturated carbocycles. The highest BCUT2D eigenvalue weighted by atomic mass is 16.5. The second-order valence-electron chi connectivity index (χ2n) is 5.74. The fraction of sp³-hybridized carbons (Fsp3) is 0.350. The lowest BCUT2D eigenvalue weighted by atomic mass is 10.0. The molecule has 1 N–H and O–H groups in total. The molecule has 0 aliphatic carbocycles. The number of hydrogen-bond acceptors (Lipinski definition) is 2. The molecule has 0 atom stereocenters. The molecule has 0 aliphatic heterocycles. The molecule has 0 bridgehead atoms. The molecule has 2 aromatic carbocycles. The third-order valence-corrected chi connectivity index (χ3v) is 3.91. The van der Waals surface area contributed by atoms with Crippen LogP contribution in [0.2, 0.25) is 0 Å². The molecule has 0 aliphatic rings. The zero-order valence-corrected chi connectivity index (χ0v) is 14.0. The number of carbonyl (C=O) groups is 1. The van der Waals surface area contributed by atoms with Crippen LogP contribution in [0.15, 0.2) is 48.5 Å². The maximum atomic E-state index is 11.9. The highest BCUT2D eigenvalue weighted by Gasteiger charge is 2.03. The average molecular weight is 311 g/mol. The molecule has 0 fully saturated rings. The van der Waals surface area contributed by atoms with Gasteiger partial charge in [0.15, 0.2) is 0 Å². The number of amides is 1. The zero-order chi connectivity index (χ0) is 16.5. The van der Waals surface area contributed by atoms with E-state index in [-0.39, 0.29) is 5.91 Å². The number of carbonyl (C=O) groups excluding carboxylic acids is 1. The molecular formula is C20H25NO2. The summed E-state index contributed by atoms with van der Waals surface area (Å²) in [6.07, 6.45) is 3.23. The van der Waals surface area contributed by atoms with Crippen LogP contribution in [0.1, 0.15) is 29.5 Å². The van der Waals surface area contributed by atoms with Crippen molar-refractivity contribution in [3.63, 3.8) is 0 Å². The molecule has 0 heterocycles. The fourth-order valence-corrected chi connectivity index (χ4v) is 2.63. The van der Waals surface area contributed by atoms with E-state index < -0.39 is 0 Å². The first kappa shape index (κ1) is 17.1. The second-order valence-corrected chi connectivity index (χ2v) is 5.74. The minimum absolute atomic E-state index is 0.131. The van der Waals surface area contributed by atoms with Crippen molar-refractivity contribution in [3.05, 3.63) is 65.2 Å². The third kappa shape index (κ3) is 5.78. The predicted octanol–water partition coefficient (Wildman–Crippen LogP) is 3.69. The van der Waals surface area contributed by atoms with Crippen molar-refractivity contribution in [3.8, 4) is 5.75 Å². The molecule has 2 rings (SSSR count). The van der Waals surface area contributed by atoms with Crippen LogP contribution in [-0.4, -0.2) is 19.6 Å². The van der Waals surface area contributed by atoms with E-state index in [1.54, 1.807) is 7.11 Å². The molecule has 0 saturated heterocycles. The van der Waals surface area contributed by atoms with E-state index in [0.29, 0.717) is 13.0 Å². The smallest absolute Gasteiger partial charge is 0.220 e. The lowest BCUT2D eigenvalue weighted by molar-refractivity contribution is -0.121. The normalized spacial score (nSPS) is 10.3. The molecule has 2 aromatic rings. The van der Waals surface area contributed by atoms with Gasteiger partial charge in [-0.3, -0.25) is 4.79 Å². The summed E-state index contributed by atoms with van der Waals surface area (Å²) in [6, 6.07) is 16.4. The van der Waals surface area contributed by atoms with Crippen molar-refractivity contribution >= 4 is 5.91 Å². The van der Waals surface area contributed by atoms with Gasteiger partial charge in [0.05, 0.1) is 7.11 Å². The lowest BCUT2D eigenvalue weighted by Crippen LogP contribution is -2.25. The maximum Gasteiger partial charge on any atom is 0.220 e. The van der Waals surface area contributed by atoms with Gasteiger partial charge in [0.1, 0.15) is 5.75 Å². The van der Waals surface area contributed by atoms with E-state index in [1.807, 2.05) is 31.2 Å². The molecule has 0 aromatic heterocycles. The summed E-state index contributed by atoms with van der Waals surface area (Å²) in [7, 11) is 1.68. The number of methoxy groups -OCH3 is 1. The zero-order valence-electron chi connectivity index (χ0n) is 14.0. The Bertz CT molecular complexity index is 623. The molecule has 1 amide bonds. The first-order chi connectivity index (χ1) is 11.2. The summed E-state index contributed by atoms with van der Waals surface area (Å²) in [5.74, 6) is 1.04. The second kappa shape index (κ2) is 8.99. The summed E-state index contributed by atoms with van der Waals surface area (Å²) >= 11 is 0. The Balaban J connectivity index is 1.65. The molecule has 122 valence electrons. The summed E-state index contributed by atoms with van der Waals surface area (Å²) in [5, 5.41) is 2.99. The van der Waals surface area contributed by atoms with E-state index in [9.17, 15) is 4.79 Å². The Morgan fingerprint density at radius 2 is 1.83 bits per heavy atom. The average Bonchev–Trinajstić information content (AvgIpc) is 2.56. The number of nitrogens with one attached hydrogen (secondary N) is 1. The van der Waals surface area contributed by atoms with Gasteiger partial charge in [0, 0.05) is 13.0 Å². The molecular weight excluding hydrogens is 286 g/mol. The Kier molecular flexibility index (Phi) is 6.67. The Labute approximate surface area is 138 Å². The molecule has 3 heteroatoms. The van der Waals surface area contributed by atoms with Crippen molar-refractivity contribution in [2.45, 2.75) is 32.6 Å². The molecule has 0 unspecified atom stereocenters. The van der Waals surface area contributed by atoms with Gasteiger partial charge in [0.25, 0.3) is 0 Å². The third-order valence-electron chi connectivity index (χ3n) is 3.91. The van der Waals surface area contributed by atoms with Crippen molar-refractivity contribution in [1.29, 1.82) is 0 Å². The van der Waals surface area contributed by atoms with E-state index in [2.05, 4.69) is 29.6 Å². The van der Waals surface area contributed by atoms with Crippen LogP contribution in [0.25, 0.3) is 0 Å². The van der Waals surface area contributed by atoms with Crippen LogP contribution in [0.4, 0.5) is 0 Å². The first-order valence-electron chi connectivity index (χ1n) is 8.13. The van der Waals surface area contributed by atoms with Gasteiger partial charge in [-0.15, -0.1) is 0 Å². The van der Waals surface area contributed by atoms with Crippen LogP contribution < -0.4 is 10.1 Å². The number of rotatable bonds is 8. The van der Waals surface area contributed by atoms with E-state index >= 15 is 0 Å². The fourth-order valence-electron chi connectivity index (χ4n) is 2.63. The van der Waals surface area contributed by atoms with Gasteiger partial charge in [-0.1, -0.05) is 42.5 Å². The van der Waals surface area contributed by atoms with Crippen molar-refractivity contribution in [2.75, 3.05) is 13.7 Å². The lowest BCUT2D eigenvalue weighted by Gasteiger charge is -2.08. The highest BCUT2D eigenvalue weighted by Crippen LogP contribution is 2.19. The van der Waals surface area contributed by atoms with E-state index in [4.69, 9.17) is 4.74 Å². The van der Waals surface area contributed by atoms with Crippen LogP contribution in [0.5, 0.6) is 5.75 Å². The van der Waals surface area contributed by atoms with Gasteiger partial charge in [-0.25, -0.2) is 0 Å². The van der Waals surface area contributed by atoms with Crippen LogP contribution in [0, 0.1) is 6.92 Å². The molecule has 0 radical (unpaired) electrons. The number of ether oxygens (including phenoxy) is 1. The van der Waals surface area contributed by atoms with Gasteiger partial charge in [0.2, 0.25) is 5.91 Å². The number of benzene rings is 2. The van der Waals surface area contributed by atoms with Crippen LogP contribution >= 0.6 is 0 Å². The van der Waals surface area contributed by atoms with Crippen molar-refractivity contribution in [2.24, 2.45) is 0 Å². The molecule has 23 heavy (non-hydrogen) atoms. The van der Waals surface area contributed by atoms with Crippen LogP contribution in [-0.2, 0) is 17.6 Å². The van der Waals surface area contributed by atoms with Crippen molar-refractivity contribution < 1.29 is 9.53 Å². The minimum atomic E-state index is 0.131. The Morgan fingerprint density at radius 1 is 1.04 bits per heavy atom. The predicted molar refractivity (Wildman–Crippen MR) is 93.8 cm³/mol. The monoisotopic (exact) mass is 311 g/mol. The van der Waals surface area contributed by atoms with E-state index in [0.717, 1.165) is 30.6 Å². The minimum Gasteiger partial charge on any atom is -0.496 e. The number of hydrogen-bond donors (Lipinski definition) is 1. The quantitative estimate of drug-likeness (QED) is 0.807. The number of aryl methyl sites for hydroxylation is 2. The summed E-state index contributed by atoms with van der Waals surface area (Å²) in [6.45, 7) is 2.74. The first-order valence-corrected chi connectivity index (χ1v) is 8.13. The van der Waals surface area contributed by atoms with Gasteiger partial charge in [-0.05, 0) is 48.9 Å². The summed E-state index contributed by atoms with van der Waals surface area (Å²) < 4.78 is 5.26. The van der Waals surface area contributed by atoms with Crippen LogP contribution in [0.3, 0.4) is 0 Å². The SMILES string of the molecule is COc1ccc(CCCC(=O)NCCc2ccccc2)cc1C. The van der Waals surface area contributed by atoms with Crippen molar-refractivity contribution in [1.82, 2.24) is 5.32 Å². The Hall–Kier alpha value is -2.29. The Morgan fingerprint density at radius 3 is 2.52 bits per heavy atom. The standard InChI is InChI=1S/C20H25NO2/c1-16-15-18(11-12-19(16)23-2)9-6-10-20(22)21-14-13-17-7-4-3-5-8-17/h3-5,7-8,11-12,15H,6,9-10,13-14H2,1-2H3,(H,21,22). The molecule has 0 spiro atoms.